The van der Waals surface area contributed by atoms with E-state index in [0.29, 0.717) is 44.9 Å². The Hall–Kier alpha value is -6.65. The first kappa shape index (κ1) is 91.4. The molecular weight excluding hydrogens is 1340 g/mol. The number of carbonyl (C=O) groups excluding carboxylic acids is 3. The Balaban J connectivity index is 0. The molecule has 0 spiro atoms. The predicted molar refractivity (Wildman–Crippen MR) is 315 cm³/mol. The number of alkyl halides is 24. The summed E-state index contributed by atoms with van der Waals surface area (Å²) in [6.45, 7) is 0. The summed E-state index contributed by atoms with van der Waals surface area (Å²) >= 11 is 0. The normalized spacial score (nSPS) is 13.0. The van der Waals surface area contributed by atoms with Gasteiger partial charge in [0.1, 0.15) is 18.5 Å². The lowest BCUT2D eigenvalue weighted by atomic mass is 9.98. The van der Waals surface area contributed by atoms with Gasteiger partial charge in [-0.05, 0) is 124 Å². The lowest BCUT2D eigenvalue weighted by Gasteiger charge is -2.31. The molecule has 0 fully saturated rings. The van der Waals surface area contributed by atoms with Crippen LogP contribution in [0.15, 0.2) is 152 Å². The summed E-state index contributed by atoms with van der Waals surface area (Å²) in [5.74, 6) is -38.7. The number of halogens is 24. The number of hydrogen-bond acceptors (Lipinski definition) is 5. The summed E-state index contributed by atoms with van der Waals surface area (Å²) < 4.78 is 297. The van der Waals surface area contributed by atoms with Gasteiger partial charge in [0.25, 0.3) is 0 Å². The quantitative estimate of drug-likeness (QED) is 0.0262. The first-order valence-corrected chi connectivity index (χ1v) is 29.0. The molecule has 0 bridgehead atoms. The van der Waals surface area contributed by atoms with E-state index in [1.807, 2.05) is 54.6 Å². The highest BCUT2D eigenvalue weighted by Gasteiger charge is 2.76. The van der Waals surface area contributed by atoms with Gasteiger partial charge in [-0.15, -0.1) is 0 Å². The molecule has 0 aliphatic rings. The minimum Gasteiger partial charge on any atom is -0.387 e. The molecule has 5 aromatic rings. The second-order valence-corrected chi connectivity index (χ2v) is 21.2. The zero-order valence-electron chi connectivity index (χ0n) is 50.0. The van der Waals surface area contributed by atoms with Gasteiger partial charge in [0.05, 0.1) is 0 Å². The molecular formula is C67H78F24O5. The minimum atomic E-state index is -6.48. The molecule has 544 valence electrons. The fraction of sp³-hybridized carbons (Fsp3) is 0.507. The summed E-state index contributed by atoms with van der Waals surface area (Å²) in [7, 11) is 0. The lowest BCUT2D eigenvalue weighted by Crippen LogP contribution is -2.57. The van der Waals surface area contributed by atoms with Crippen LogP contribution in [-0.2, 0) is 46.5 Å². The van der Waals surface area contributed by atoms with Crippen molar-refractivity contribution in [2.75, 3.05) is 0 Å². The number of aliphatic hydroxyl groups is 2. The Morgan fingerprint density at radius 1 is 0.312 bits per heavy atom. The molecule has 5 rings (SSSR count). The van der Waals surface area contributed by atoms with Crippen molar-refractivity contribution in [2.24, 2.45) is 0 Å². The van der Waals surface area contributed by atoms with Crippen molar-refractivity contribution < 1.29 is 130 Å². The maximum absolute atomic E-state index is 13.1. The van der Waals surface area contributed by atoms with Gasteiger partial charge in [-0.25, -0.2) is 0 Å². The van der Waals surface area contributed by atoms with Crippen molar-refractivity contribution in [3.8, 4) is 0 Å². The number of benzene rings is 5. The van der Waals surface area contributed by atoms with Gasteiger partial charge in [0.2, 0.25) is 11.6 Å². The number of carbonyl (C=O) groups is 3. The highest BCUT2D eigenvalue weighted by molar-refractivity contribution is 5.87. The van der Waals surface area contributed by atoms with Gasteiger partial charge in [-0.1, -0.05) is 179 Å². The standard InChI is InChI=1S/C14H15F7O.C14H13F7O.C13H15F5O.C13H13F5O.C11H14O.2CH4/c2*15-12(16,13(17,18)14(19,20)21)11(22)9-5-4-8-10-6-2-1-3-7-10;2*14-12(15,13(16,17)18)11(19)9-5-4-8-10-6-2-1-3-7-10;12-10-6-2-5-9-11-7-3-1-4-8-11;;/h1-3,6-7,11,22H,4-5,8-9H2;1-3,6-7H,4-5,8-9H2;1-3,6-7,11,19H,4-5,8-9H2;1-3,6-7H,4-5,8-9H2;1,3-4,7-8,10H,2,5-6,9H2;2*1H4. The van der Waals surface area contributed by atoms with Crippen LogP contribution in [0.3, 0.4) is 0 Å². The molecule has 29 heteroatoms. The van der Waals surface area contributed by atoms with Crippen molar-refractivity contribution in [3.05, 3.63) is 179 Å². The summed E-state index contributed by atoms with van der Waals surface area (Å²) in [4.78, 5) is 31.9. The van der Waals surface area contributed by atoms with Crippen molar-refractivity contribution >= 4 is 17.9 Å². The van der Waals surface area contributed by atoms with Gasteiger partial charge in [-0.3, -0.25) is 9.59 Å². The second kappa shape index (κ2) is 42.2. The molecule has 0 aromatic heterocycles. The van der Waals surface area contributed by atoms with Gasteiger partial charge in [0, 0.05) is 19.3 Å². The van der Waals surface area contributed by atoms with E-state index in [-0.39, 0.29) is 53.4 Å². The molecule has 0 aliphatic heterocycles. The molecule has 2 atom stereocenters. The molecule has 5 nitrogen and oxygen atoms in total. The highest BCUT2D eigenvalue weighted by atomic mass is 19.4. The molecule has 0 saturated heterocycles. The molecule has 0 amide bonds. The van der Waals surface area contributed by atoms with Gasteiger partial charge in [0.15, 0.2) is 0 Å². The number of aryl methyl sites for hydroxylation is 5. The molecule has 0 heterocycles. The van der Waals surface area contributed by atoms with Crippen LogP contribution in [0.4, 0.5) is 105 Å². The third-order valence-corrected chi connectivity index (χ3v) is 13.7. The average molecular weight is 1420 g/mol. The fourth-order valence-electron chi connectivity index (χ4n) is 8.12. The summed E-state index contributed by atoms with van der Waals surface area (Å²) in [5.41, 5.74) is 5.03. The van der Waals surface area contributed by atoms with Crippen LogP contribution in [-0.4, -0.2) is 101 Å². The molecule has 2 unspecified atom stereocenters. The van der Waals surface area contributed by atoms with E-state index < -0.39 is 110 Å². The number of rotatable bonds is 31. The number of ketones is 2. The van der Waals surface area contributed by atoms with Crippen LogP contribution in [0.25, 0.3) is 0 Å². The largest absolute Gasteiger partial charge is 0.461 e. The summed E-state index contributed by atoms with van der Waals surface area (Å²) in [5, 5.41) is 18.0. The molecule has 0 radical (unpaired) electrons. The second-order valence-electron chi connectivity index (χ2n) is 21.2. The van der Waals surface area contributed by atoms with E-state index in [4.69, 9.17) is 10.2 Å². The van der Waals surface area contributed by atoms with Crippen molar-refractivity contribution in [1.29, 1.82) is 0 Å². The zero-order valence-corrected chi connectivity index (χ0v) is 50.0. The summed E-state index contributed by atoms with van der Waals surface area (Å²) in [6, 6.07) is 46.1. The molecule has 0 aliphatic carbocycles. The third-order valence-electron chi connectivity index (χ3n) is 13.7. The Kier molecular flexibility index (Phi) is 40.2. The van der Waals surface area contributed by atoms with Crippen LogP contribution in [0.5, 0.6) is 0 Å². The maximum Gasteiger partial charge on any atom is 0.461 e. The van der Waals surface area contributed by atoms with E-state index >= 15 is 0 Å². The monoisotopic (exact) mass is 1420 g/mol. The highest BCUT2D eigenvalue weighted by Crippen LogP contribution is 2.50. The number of unbranched alkanes of at least 4 members (excludes halogenated alkanes) is 6. The summed E-state index contributed by atoms with van der Waals surface area (Å²) in [6.07, 6.45) is -25.2. The number of hydrogen-bond donors (Lipinski definition) is 2. The van der Waals surface area contributed by atoms with Crippen molar-refractivity contribution in [3.63, 3.8) is 0 Å². The number of aliphatic hydroxyl groups excluding tert-OH is 2. The topological polar surface area (TPSA) is 91.7 Å². The Bertz CT molecular complexity index is 2850. The van der Waals surface area contributed by atoms with Gasteiger partial charge >= 0.3 is 60.2 Å². The number of aldehydes is 1. The fourth-order valence-corrected chi connectivity index (χ4v) is 8.12. The van der Waals surface area contributed by atoms with Gasteiger partial charge < -0.3 is 15.0 Å². The van der Waals surface area contributed by atoms with Gasteiger partial charge in [-0.2, -0.15) is 105 Å². The van der Waals surface area contributed by atoms with Crippen LogP contribution >= 0.6 is 0 Å². The van der Waals surface area contributed by atoms with E-state index in [1.54, 1.807) is 72.8 Å². The van der Waals surface area contributed by atoms with E-state index in [0.717, 1.165) is 47.8 Å². The van der Waals surface area contributed by atoms with E-state index in [1.165, 1.54) is 5.56 Å². The van der Waals surface area contributed by atoms with Crippen molar-refractivity contribution in [1.82, 2.24) is 0 Å². The molecule has 0 saturated carbocycles. The van der Waals surface area contributed by atoms with E-state index in [2.05, 4.69) is 24.3 Å². The van der Waals surface area contributed by atoms with Crippen LogP contribution in [0.1, 0.15) is 139 Å². The first-order valence-electron chi connectivity index (χ1n) is 29.0. The molecule has 96 heavy (non-hydrogen) atoms. The predicted octanol–water partition coefficient (Wildman–Crippen LogP) is 21.4. The average Bonchev–Trinajstić information content (AvgIpc) is 0.779. The SMILES string of the molecule is C.C.O=C(CCCCc1ccccc1)C(F)(F)C(F)(F)C(F)(F)F.O=C(CCCCc1ccccc1)C(F)(F)C(F)(F)F.O=CCCCCc1ccccc1.OC(CCCCc1ccccc1)C(F)(F)C(F)(F)C(F)(F)F.OC(CCCCc1ccccc1)C(F)(F)C(F)(F)F. The Morgan fingerprint density at radius 3 is 0.812 bits per heavy atom. The molecule has 5 aromatic carbocycles. The third kappa shape index (κ3) is 30.8. The lowest BCUT2D eigenvalue weighted by molar-refractivity contribution is -0.371. The Labute approximate surface area is 541 Å². The van der Waals surface area contributed by atoms with Crippen LogP contribution in [0, 0.1) is 0 Å². The van der Waals surface area contributed by atoms with Crippen molar-refractivity contribution in [2.45, 2.75) is 216 Å². The van der Waals surface area contributed by atoms with E-state index in [9.17, 15) is 120 Å². The molecule has 2 N–H and O–H groups in total. The smallest absolute Gasteiger partial charge is 0.387 e. The van der Waals surface area contributed by atoms with Crippen LogP contribution < -0.4 is 0 Å². The minimum absolute atomic E-state index is 0. The van der Waals surface area contributed by atoms with Crippen LogP contribution in [0.2, 0.25) is 0 Å². The maximum atomic E-state index is 13.1. The Morgan fingerprint density at radius 2 is 0.562 bits per heavy atom. The zero-order chi connectivity index (χ0) is 71.7. The number of Topliss-reactive ketones (excluding diaryl/α,β-unsaturated/α-hetero) is 2. The first-order chi connectivity index (χ1) is 43.4.